The van der Waals surface area contributed by atoms with Gasteiger partial charge in [0.1, 0.15) is 6.61 Å². The first-order valence-corrected chi connectivity index (χ1v) is 8.88. The minimum atomic E-state index is -0.345. The molecule has 5 nitrogen and oxygen atoms in total. The Hall–Kier alpha value is -2.63. The third-order valence-electron chi connectivity index (χ3n) is 3.85. The number of pyridine rings is 1. The zero-order valence-corrected chi connectivity index (χ0v) is 15.7. The Labute approximate surface area is 154 Å². The van der Waals surface area contributed by atoms with E-state index in [9.17, 15) is 4.39 Å². The number of ether oxygens (including phenoxy) is 1. The lowest BCUT2D eigenvalue weighted by molar-refractivity contribution is 0.270. The van der Waals surface area contributed by atoms with E-state index >= 15 is 0 Å². The fraction of sp³-hybridized carbons (Fsp3) is 0.400. The van der Waals surface area contributed by atoms with E-state index < -0.39 is 0 Å². The van der Waals surface area contributed by atoms with Crippen LogP contribution in [0.5, 0.6) is 5.75 Å². The normalized spacial score (nSPS) is 11.3. The van der Waals surface area contributed by atoms with Crippen LogP contribution in [-0.4, -0.2) is 49.1 Å². The van der Waals surface area contributed by atoms with Gasteiger partial charge in [-0.1, -0.05) is 18.2 Å². The van der Waals surface area contributed by atoms with Crippen LogP contribution in [0.15, 0.2) is 47.6 Å². The summed E-state index contributed by atoms with van der Waals surface area (Å²) in [5.74, 6) is 0.738. The van der Waals surface area contributed by atoms with Crippen molar-refractivity contribution in [1.82, 2.24) is 15.2 Å². The number of likely N-dealkylation sites (N-methyl/N-ethyl adjacent to an activating group) is 1. The number of aromatic nitrogens is 1. The van der Waals surface area contributed by atoms with E-state index in [1.807, 2.05) is 38.1 Å². The van der Waals surface area contributed by atoms with E-state index in [2.05, 4.69) is 21.4 Å². The highest BCUT2D eigenvalue weighted by atomic mass is 19.1. The van der Waals surface area contributed by atoms with Crippen molar-refractivity contribution in [3.05, 3.63) is 59.7 Å². The second kappa shape index (κ2) is 10.4. The highest BCUT2D eigenvalue weighted by Crippen LogP contribution is 2.14. The van der Waals surface area contributed by atoms with Crippen molar-refractivity contribution in [3.8, 4) is 5.75 Å². The average Bonchev–Trinajstić information content (AvgIpc) is 2.64. The smallest absolute Gasteiger partial charge is 0.193 e. The van der Waals surface area contributed by atoms with Crippen LogP contribution >= 0.6 is 0 Å². The van der Waals surface area contributed by atoms with Crippen LogP contribution in [0.25, 0.3) is 0 Å². The summed E-state index contributed by atoms with van der Waals surface area (Å²) < 4.78 is 19.1. The number of halogens is 1. The van der Waals surface area contributed by atoms with E-state index in [1.165, 1.54) is 11.6 Å². The van der Waals surface area contributed by atoms with E-state index in [0.29, 0.717) is 19.7 Å². The summed E-state index contributed by atoms with van der Waals surface area (Å²) in [6, 6.07) is 10.5. The van der Waals surface area contributed by atoms with Crippen LogP contribution in [0.2, 0.25) is 0 Å². The summed E-state index contributed by atoms with van der Waals surface area (Å²) in [6.45, 7) is 6.44. The van der Waals surface area contributed by atoms with Crippen molar-refractivity contribution in [2.45, 2.75) is 20.3 Å². The molecule has 0 atom stereocenters. The number of nitrogens with one attached hydrogen (secondary N) is 1. The van der Waals surface area contributed by atoms with Crippen molar-refractivity contribution in [2.24, 2.45) is 4.99 Å². The van der Waals surface area contributed by atoms with Gasteiger partial charge in [0.25, 0.3) is 0 Å². The third-order valence-corrected chi connectivity index (χ3v) is 3.85. The van der Waals surface area contributed by atoms with Crippen LogP contribution in [-0.2, 0) is 6.42 Å². The van der Waals surface area contributed by atoms with Crippen molar-refractivity contribution < 1.29 is 9.13 Å². The third kappa shape index (κ3) is 6.35. The molecule has 1 aromatic heterocycles. The van der Waals surface area contributed by atoms with Gasteiger partial charge in [-0.15, -0.1) is 0 Å². The lowest BCUT2D eigenvalue weighted by Crippen LogP contribution is -2.41. The van der Waals surface area contributed by atoms with Crippen molar-refractivity contribution >= 4 is 5.96 Å². The quantitative estimate of drug-likeness (QED) is 0.582. The molecule has 0 radical (unpaired) electrons. The fourth-order valence-corrected chi connectivity index (χ4v) is 2.37. The maximum Gasteiger partial charge on any atom is 0.193 e. The Balaban J connectivity index is 1.84. The van der Waals surface area contributed by atoms with Crippen molar-refractivity contribution in [3.63, 3.8) is 0 Å². The first-order chi connectivity index (χ1) is 12.6. The van der Waals surface area contributed by atoms with Crippen LogP contribution < -0.4 is 10.1 Å². The highest BCUT2D eigenvalue weighted by molar-refractivity contribution is 5.79. The Bertz CT molecular complexity index is 703. The number of nitrogens with zero attached hydrogens (tertiary/aromatic N) is 3. The molecule has 2 rings (SSSR count). The van der Waals surface area contributed by atoms with Gasteiger partial charge < -0.3 is 15.0 Å². The van der Waals surface area contributed by atoms with E-state index in [1.54, 1.807) is 18.2 Å². The molecule has 0 bridgehead atoms. The first-order valence-electron chi connectivity index (χ1n) is 8.88. The summed E-state index contributed by atoms with van der Waals surface area (Å²) in [7, 11) is 1.94. The Morgan fingerprint density at radius 2 is 2.08 bits per heavy atom. The molecule has 0 fully saturated rings. The SMILES string of the molecule is CCNC(=NCCc1ccc(C)nc1)N(C)CCOc1ccccc1F. The molecule has 26 heavy (non-hydrogen) atoms. The van der Waals surface area contributed by atoms with E-state index in [4.69, 9.17) is 4.74 Å². The second-order valence-corrected chi connectivity index (χ2v) is 5.99. The number of guanidine groups is 1. The zero-order valence-electron chi connectivity index (χ0n) is 15.7. The molecule has 0 aliphatic rings. The molecule has 1 heterocycles. The van der Waals surface area contributed by atoms with Gasteiger partial charge in [-0.05, 0) is 44.0 Å². The summed E-state index contributed by atoms with van der Waals surface area (Å²) >= 11 is 0. The lowest BCUT2D eigenvalue weighted by Gasteiger charge is -2.22. The second-order valence-electron chi connectivity index (χ2n) is 5.99. The molecule has 0 amide bonds. The predicted octanol–water partition coefficient (Wildman–Crippen LogP) is 3.05. The number of hydrogen-bond donors (Lipinski definition) is 1. The summed E-state index contributed by atoms with van der Waals surface area (Å²) in [5.41, 5.74) is 2.18. The molecule has 0 aliphatic heterocycles. The lowest BCUT2D eigenvalue weighted by atomic mass is 10.2. The Morgan fingerprint density at radius 1 is 1.27 bits per heavy atom. The molecule has 2 aromatic rings. The van der Waals surface area contributed by atoms with Gasteiger partial charge >= 0.3 is 0 Å². The van der Waals surface area contributed by atoms with Gasteiger partial charge in [0.05, 0.1) is 6.54 Å². The molecule has 1 N–H and O–H groups in total. The summed E-state index contributed by atoms with van der Waals surface area (Å²) in [4.78, 5) is 10.9. The van der Waals surface area contributed by atoms with Crippen LogP contribution in [0, 0.1) is 12.7 Å². The van der Waals surface area contributed by atoms with Crippen molar-refractivity contribution in [1.29, 1.82) is 0 Å². The largest absolute Gasteiger partial charge is 0.489 e. The Morgan fingerprint density at radius 3 is 2.77 bits per heavy atom. The number of aliphatic imine (C=N–C) groups is 1. The molecule has 140 valence electrons. The number of rotatable bonds is 8. The maximum absolute atomic E-state index is 13.6. The molecule has 0 aliphatic carbocycles. The van der Waals surface area contributed by atoms with Gasteiger partial charge in [-0.25, -0.2) is 4.39 Å². The molecule has 0 spiro atoms. The summed E-state index contributed by atoms with van der Waals surface area (Å²) in [6.07, 6.45) is 2.73. The molecular weight excluding hydrogens is 331 g/mol. The standard InChI is InChI=1S/C20H27FN4O/c1-4-22-20(23-12-11-17-10-9-16(2)24-15-17)25(3)13-14-26-19-8-6-5-7-18(19)21/h5-10,15H,4,11-14H2,1-3H3,(H,22,23). The molecular formula is C20H27FN4O. The number of para-hydroxylation sites is 1. The summed E-state index contributed by atoms with van der Waals surface area (Å²) in [5, 5.41) is 3.27. The average molecular weight is 358 g/mol. The molecule has 1 aromatic carbocycles. The van der Waals surface area contributed by atoms with Crippen molar-refractivity contribution in [2.75, 3.05) is 33.3 Å². The number of aryl methyl sites for hydroxylation is 1. The van der Waals surface area contributed by atoms with Gasteiger partial charge in [0.2, 0.25) is 0 Å². The molecule has 0 saturated heterocycles. The monoisotopic (exact) mass is 358 g/mol. The van der Waals surface area contributed by atoms with Gasteiger partial charge in [0.15, 0.2) is 17.5 Å². The van der Waals surface area contributed by atoms with Crippen LogP contribution in [0.4, 0.5) is 4.39 Å². The van der Waals surface area contributed by atoms with E-state index in [0.717, 1.165) is 24.6 Å². The zero-order chi connectivity index (χ0) is 18.8. The maximum atomic E-state index is 13.6. The topological polar surface area (TPSA) is 49.8 Å². The number of benzene rings is 1. The van der Waals surface area contributed by atoms with Gasteiger partial charge in [-0.3, -0.25) is 9.98 Å². The van der Waals surface area contributed by atoms with Crippen LogP contribution in [0.3, 0.4) is 0 Å². The van der Waals surface area contributed by atoms with Gasteiger partial charge in [-0.2, -0.15) is 0 Å². The minimum absolute atomic E-state index is 0.273. The van der Waals surface area contributed by atoms with E-state index in [-0.39, 0.29) is 11.6 Å². The fourth-order valence-electron chi connectivity index (χ4n) is 2.37. The minimum Gasteiger partial charge on any atom is -0.489 e. The van der Waals surface area contributed by atoms with Gasteiger partial charge in [0, 0.05) is 32.0 Å². The first kappa shape index (κ1) is 19.7. The molecule has 0 unspecified atom stereocenters. The molecule has 6 heteroatoms. The molecule has 0 saturated carbocycles. The van der Waals surface area contributed by atoms with Crippen LogP contribution in [0.1, 0.15) is 18.2 Å². The Kier molecular flexibility index (Phi) is 7.86. The highest BCUT2D eigenvalue weighted by Gasteiger charge is 2.07. The number of hydrogen-bond acceptors (Lipinski definition) is 3. The predicted molar refractivity (Wildman–Crippen MR) is 103 cm³/mol.